The SMILES string of the molecule is CCC1CC(OCc2ccccn2)C1. The molecule has 0 atom stereocenters. The lowest BCUT2D eigenvalue weighted by atomic mass is 9.80. The van der Waals surface area contributed by atoms with Crippen molar-refractivity contribution < 1.29 is 4.74 Å². The van der Waals surface area contributed by atoms with Crippen molar-refractivity contribution in [2.24, 2.45) is 5.92 Å². The second-order valence-electron chi connectivity index (χ2n) is 4.00. The van der Waals surface area contributed by atoms with Crippen LogP contribution in [0, 0.1) is 5.92 Å². The van der Waals surface area contributed by atoms with Gasteiger partial charge in [-0.15, -0.1) is 0 Å². The summed E-state index contributed by atoms with van der Waals surface area (Å²) in [5.41, 5.74) is 1.03. The highest BCUT2D eigenvalue weighted by Crippen LogP contribution is 2.32. The largest absolute Gasteiger partial charge is 0.372 e. The van der Waals surface area contributed by atoms with Crippen LogP contribution in [-0.2, 0) is 11.3 Å². The predicted molar refractivity (Wildman–Crippen MR) is 55.8 cm³/mol. The molecule has 0 amide bonds. The summed E-state index contributed by atoms with van der Waals surface area (Å²) >= 11 is 0. The van der Waals surface area contributed by atoms with Crippen LogP contribution in [0.4, 0.5) is 0 Å². The van der Waals surface area contributed by atoms with E-state index in [9.17, 15) is 0 Å². The molecular formula is C12H17NO. The van der Waals surface area contributed by atoms with Gasteiger partial charge < -0.3 is 4.74 Å². The first kappa shape index (κ1) is 9.66. The fourth-order valence-electron chi connectivity index (χ4n) is 1.83. The van der Waals surface area contributed by atoms with Gasteiger partial charge >= 0.3 is 0 Å². The third-order valence-corrected chi connectivity index (χ3v) is 2.96. The Morgan fingerprint density at radius 2 is 2.29 bits per heavy atom. The van der Waals surface area contributed by atoms with Gasteiger partial charge in [-0.2, -0.15) is 0 Å². The first-order valence-electron chi connectivity index (χ1n) is 5.40. The van der Waals surface area contributed by atoms with Gasteiger partial charge in [0.1, 0.15) is 0 Å². The van der Waals surface area contributed by atoms with E-state index in [1.165, 1.54) is 19.3 Å². The Hall–Kier alpha value is -0.890. The lowest BCUT2D eigenvalue weighted by Crippen LogP contribution is -2.30. The van der Waals surface area contributed by atoms with Crippen molar-refractivity contribution in [1.82, 2.24) is 4.98 Å². The van der Waals surface area contributed by atoms with Crippen molar-refractivity contribution in [3.8, 4) is 0 Å². The monoisotopic (exact) mass is 191 g/mol. The first-order chi connectivity index (χ1) is 6.88. The summed E-state index contributed by atoms with van der Waals surface area (Å²) in [5.74, 6) is 0.906. The molecule has 14 heavy (non-hydrogen) atoms. The zero-order valence-corrected chi connectivity index (χ0v) is 8.65. The van der Waals surface area contributed by atoms with Crippen LogP contribution in [0.1, 0.15) is 31.9 Å². The zero-order chi connectivity index (χ0) is 9.80. The molecule has 2 heteroatoms. The summed E-state index contributed by atoms with van der Waals surface area (Å²) in [4.78, 5) is 4.22. The smallest absolute Gasteiger partial charge is 0.0891 e. The molecule has 1 aliphatic carbocycles. The lowest BCUT2D eigenvalue weighted by Gasteiger charge is -2.34. The Labute approximate surface area is 85.3 Å². The van der Waals surface area contributed by atoms with Crippen LogP contribution in [0.5, 0.6) is 0 Å². The average Bonchev–Trinajstić information content (AvgIpc) is 2.17. The average molecular weight is 191 g/mol. The summed E-state index contributed by atoms with van der Waals surface area (Å²) in [5, 5.41) is 0. The van der Waals surface area contributed by atoms with E-state index in [1.54, 1.807) is 0 Å². The molecule has 0 saturated heterocycles. The van der Waals surface area contributed by atoms with Gasteiger partial charge in [-0.3, -0.25) is 4.98 Å². The summed E-state index contributed by atoms with van der Waals surface area (Å²) < 4.78 is 5.73. The number of hydrogen-bond donors (Lipinski definition) is 0. The second-order valence-corrected chi connectivity index (χ2v) is 4.00. The van der Waals surface area contributed by atoms with Crippen LogP contribution in [0.25, 0.3) is 0 Å². The highest BCUT2D eigenvalue weighted by atomic mass is 16.5. The predicted octanol–water partition coefficient (Wildman–Crippen LogP) is 2.79. The maximum absolute atomic E-state index is 5.73. The number of pyridine rings is 1. The molecule has 0 radical (unpaired) electrons. The normalized spacial score (nSPS) is 25.8. The third-order valence-electron chi connectivity index (χ3n) is 2.96. The van der Waals surface area contributed by atoms with Gasteiger partial charge in [0.2, 0.25) is 0 Å². The Kier molecular flexibility index (Phi) is 3.14. The van der Waals surface area contributed by atoms with E-state index in [0.717, 1.165) is 11.6 Å². The summed E-state index contributed by atoms with van der Waals surface area (Å²) in [6.07, 6.45) is 6.08. The molecule has 0 aromatic carbocycles. The van der Waals surface area contributed by atoms with Crippen molar-refractivity contribution in [2.45, 2.75) is 38.9 Å². The molecular weight excluding hydrogens is 174 g/mol. The van der Waals surface area contributed by atoms with Crippen molar-refractivity contribution in [2.75, 3.05) is 0 Å². The van der Waals surface area contributed by atoms with E-state index in [-0.39, 0.29) is 0 Å². The summed E-state index contributed by atoms with van der Waals surface area (Å²) in [7, 11) is 0. The molecule has 1 fully saturated rings. The van der Waals surface area contributed by atoms with Gasteiger partial charge in [0, 0.05) is 6.20 Å². The number of hydrogen-bond acceptors (Lipinski definition) is 2. The number of rotatable bonds is 4. The highest BCUT2D eigenvalue weighted by molar-refractivity contribution is 5.02. The van der Waals surface area contributed by atoms with Crippen molar-refractivity contribution in [1.29, 1.82) is 0 Å². The van der Waals surface area contributed by atoms with Crippen molar-refractivity contribution in [3.63, 3.8) is 0 Å². The van der Waals surface area contributed by atoms with E-state index in [2.05, 4.69) is 11.9 Å². The zero-order valence-electron chi connectivity index (χ0n) is 8.65. The molecule has 0 N–H and O–H groups in total. The fourth-order valence-corrected chi connectivity index (χ4v) is 1.83. The first-order valence-corrected chi connectivity index (χ1v) is 5.40. The van der Waals surface area contributed by atoms with E-state index < -0.39 is 0 Å². The third kappa shape index (κ3) is 2.32. The molecule has 1 heterocycles. The van der Waals surface area contributed by atoms with Crippen molar-refractivity contribution >= 4 is 0 Å². The van der Waals surface area contributed by atoms with E-state index in [0.29, 0.717) is 12.7 Å². The molecule has 76 valence electrons. The second kappa shape index (κ2) is 4.56. The number of ether oxygens (including phenoxy) is 1. The molecule has 2 nitrogen and oxygen atoms in total. The molecule has 2 rings (SSSR count). The maximum Gasteiger partial charge on any atom is 0.0891 e. The maximum atomic E-state index is 5.73. The molecule has 1 aromatic rings. The molecule has 1 saturated carbocycles. The molecule has 0 aliphatic heterocycles. The minimum atomic E-state index is 0.488. The molecule has 0 spiro atoms. The van der Waals surface area contributed by atoms with Crippen LogP contribution in [0.2, 0.25) is 0 Å². The standard InChI is InChI=1S/C12H17NO/c1-2-10-7-12(8-10)14-9-11-5-3-4-6-13-11/h3-6,10,12H,2,7-9H2,1H3. The van der Waals surface area contributed by atoms with Gasteiger partial charge in [-0.05, 0) is 30.9 Å². The number of aromatic nitrogens is 1. The summed E-state index contributed by atoms with van der Waals surface area (Å²) in [6.45, 7) is 2.92. The number of nitrogens with zero attached hydrogens (tertiary/aromatic N) is 1. The Bertz CT molecular complexity index is 267. The minimum Gasteiger partial charge on any atom is -0.372 e. The minimum absolute atomic E-state index is 0.488. The van der Waals surface area contributed by atoms with E-state index in [1.807, 2.05) is 24.4 Å². The quantitative estimate of drug-likeness (QED) is 0.730. The van der Waals surface area contributed by atoms with Gasteiger partial charge in [0.05, 0.1) is 18.4 Å². The van der Waals surface area contributed by atoms with Gasteiger partial charge in [0.25, 0.3) is 0 Å². The Morgan fingerprint density at radius 3 is 2.93 bits per heavy atom. The molecule has 0 unspecified atom stereocenters. The van der Waals surface area contributed by atoms with Crippen LogP contribution >= 0.6 is 0 Å². The van der Waals surface area contributed by atoms with Gasteiger partial charge in [-0.25, -0.2) is 0 Å². The van der Waals surface area contributed by atoms with Gasteiger partial charge in [0.15, 0.2) is 0 Å². The van der Waals surface area contributed by atoms with Gasteiger partial charge in [-0.1, -0.05) is 19.4 Å². The van der Waals surface area contributed by atoms with Crippen LogP contribution < -0.4 is 0 Å². The summed E-state index contributed by atoms with van der Waals surface area (Å²) in [6, 6.07) is 5.94. The lowest BCUT2D eigenvalue weighted by molar-refractivity contribution is -0.0419. The van der Waals surface area contributed by atoms with Crippen LogP contribution in [0.15, 0.2) is 24.4 Å². The highest BCUT2D eigenvalue weighted by Gasteiger charge is 2.28. The van der Waals surface area contributed by atoms with Crippen molar-refractivity contribution in [3.05, 3.63) is 30.1 Å². The Balaban J connectivity index is 1.69. The molecule has 0 bridgehead atoms. The molecule has 1 aliphatic rings. The Morgan fingerprint density at radius 1 is 1.43 bits per heavy atom. The topological polar surface area (TPSA) is 22.1 Å². The van der Waals surface area contributed by atoms with E-state index >= 15 is 0 Å². The fraction of sp³-hybridized carbons (Fsp3) is 0.583. The van der Waals surface area contributed by atoms with E-state index in [4.69, 9.17) is 4.74 Å². The molecule has 1 aromatic heterocycles. The van der Waals surface area contributed by atoms with Crippen LogP contribution in [0.3, 0.4) is 0 Å². The van der Waals surface area contributed by atoms with Crippen LogP contribution in [-0.4, -0.2) is 11.1 Å².